The van der Waals surface area contributed by atoms with E-state index in [0.717, 1.165) is 25.9 Å². The Morgan fingerprint density at radius 3 is 2.78 bits per heavy atom. The van der Waals surface area contributed by atoms with Crippen LogP contribution in [0, 0.1) is 11.8 Å². The Hall–Kier alpha value is -0.680. The lowest BCUT2D eigenvalue weighted by atomic mass is 9.98. The molecule has 3 atom stereocenters. The van der Waals surface area contributed by atoms with Crippen LogP contribution in [0.5, 0.6) is 5.75 Å². The van der Waals surface area contributed by atoms with Crippen LogP contribution < -0.4 is 10.5 Å². The predicted octanol–water partition coefficient (Wildman–Crippen LogP) is 3.38. The van der Waals surface area contributed by atoms with E-state index in [-0.39, 0.29) is 24.4 Å². The van der Waals surface area contributed by atoms with Crippen molar-refractivity contribution in [2.24, 2.45) is 17.6 Å². The molecule has 1 aliphatic carbocycles. The van der Waals surface area contributed by atoms with Crippen LogP contribution in [0.15, 0.2) is 18.2 Å². The van der Waals surface area contributed by atoms with E-state index in [1.54, 1.807) is 18.2 Å². The zero-order valence-corrected chi connectivity index (χ0v) is 15.0. The Morgan fingerprint density at radius 2 is 2.09 bits per heavy atom. The largest absolute Gasteiger partial charge is 0.491 e. The van der Waals surface area contributed by atoms with E-state index in [0.29, 0.717) is 40.7 Å². The average molecular weight is 380 g/mol. The molecule has 3 rings (SSSR count). The quantitative estimate of drug-likeness (QED) is 0.872. The highest BCUT2D eigenvalue weighted by molar-refractivity contribution is 6.35. The molecular weight excluding hydrogens is 359 g/mol. The predicted molar refractivity (Wildman–Crippen MR) is 94.6 cm³/mol. The van der Waals surface area contributed by atoms with Crippen LogP contribution in [0.1, 0.15) is 19.3 Å². The standard InChI is InChI=1S/C16H20Cl2N2O2.ClH/c17-11-2-4-15(13(18)7-11)22-6-5-16(21)20-8-10-1-3-14(19)12(10)9-20;/h2,4,7,10,12,14H,1,3,5-6,8-9,19H2;1H. The van der Waals surface area contributed by atoms with Crippen molar-refractivity contribution in [1.29, 1.82) is 0 Å². The molecule has 3 unspecified atom stereocenters. The van der Waals surface area contributed by atoms with Crippen LogP contribution in [0.2, 0.25) is 10.0 Å². The third kappa shape index (κ3) is 4.24. The molecule has 23 heavy (non-hydrogen) atoms. The van der Waals surface area contributed by atoms with Crippen molar-refractivity contribution in [2.75, 3.05) is 19.7 Å². The second-order valence-corrected chi connectivity index (χ2v) is 6.98. The van der Waals surface area contributed by atoms with Gasteiger partial charge in [-0.05, 0) is 42.9 Å². The second-order valence-electron chi connectivity index (χ2n) is 6.14. The lowest BCUT2D eigenvalue weighted by Gasteiger charge is -2.19. The Morgan fingerprint density at radius 1 is 1.30 bits per heavy atom. The van der Waals surface area contributed by atoms with Crippen LogP contribution in [-0.2, 0) is 4.79 Å². The normalized spacial score (nSPS) is 25.9. The molecule has 1 aliphatic heterocycles. The molecule has 7 heteroatoms. The molecule has 1 heterocycles. The molecule has 1 saturated carbocycles. The van der Waals surface area contributed by atoms with E-state index < -0.39 is 0 Å². The van der Waals surface area contributed by atoms with Gasteiger partial charge in [0.2, 0.25) is 5.91 Å². The van der Waals surface area contributed by atoms with Gasteiger partial charge in [0.15, 0.2) is 0 Å². The van der Waals surface area contributed by atoms with E-state index in [2.05, 4.69) is 0 Å². The van der Waals surface area contributed by atoms with Gasteiger partial charge in [0.05, 0.1) is 18.1 Å². The van der Waals surface area contributed by atoms with Crippen molar-refractivity contribution in [3.05, 3.63) is 28.2 Å². The molecule has 128 valence electrons. The summed E-state index contributed by atoms with van der Waals surface area (Å²) in [6.07, 6.45) is 2.59. The minimum absolute atomic E-state index is 0. The number of carbonyl (C=O) groups is 1. The molecule has 1 saturated heterocycles. The van der Waals surface area contributed by atoms with Gasteiger partial charge in [-0.1, -0.05) is 23.2 Å². The number of halogens is 3. The summed E-state index contributed by atoms with van der Waals surface area (Å²) in [5.74, 6) is 1.76. The lowest BCUT2D eigenvalue weighted by Crippen LogP contribution is -2.34. The Labute approximate surface area is 152 Å². The zero-order valence-electron chi connectivity index (χ0n) is 12.7. The molecule has 1 amide bonds. The summed E-state index contributed by atoms with van der Waals surface area (Å²) in [6, 6.07) is 5.32. The minimum atomic E-state index is 0. The number of benzene rings is 1. The maximum absolute atomic E-state index is 12.3. The Balaban J connectivity index is 0.00000192. The molecule has 1 aromatic rings. The van der Waals surface area contributed by atoms with Gasteiger partial charge in [0, 0.05) is 24.2 Å². The fourth-order valence-corrected chi connectivity index (χ4v) is 3.97. The van der Waals surface area contributed by atoms with Crippen molar-refractivity contribution >= 4 is 41.5 Å². The van der Waals surface area contributed by atoms with E-state index in [1.807, 2.05) is 4.90 Å². The number of amides is 1. The van der Waals surface area contributed by atoms with E-state index in [1.165, 1.54) is 0 Å². The Kier molecular flexibility index (Phi) is 6.43. The first-order valence-corrected chi connectivity index (χ1v) is 8.41. The van der Waals surface area contributed by atoms with Crippen LogP contribution in [-0.4, -0.2) is 36.5 Å². The first-order valence-electron chi connectivity index (χ1n) is 7.66. The number of nitrogens with two attached hydrogens (primary N) is 1. The molecule has 0 aromatic heterocycles. The maximum atomic E-state index is 12.3. The monoisotopic (exact) mass is 378 g/mol. The summed E-state index contributed by atoms with van der Waals surface area (Å²) in [5.41, 5.74) is 6.10. The van der Waals surface area contributed by atoms with Crippen molar-refractivity contribution in [1.82, 2.24) is 4.90 Å². The molecule has 1 aromatic carbocycles. The third-order valence-electron chi connectivity index (χ3n) is 4.73. The number of nitrogens with zero attached hydrogens (tertiary/aromatic N) is 1. The summed E-state index contributed by atoms with van der Waals surface area (Å²) in [6.45, 7) is 1.96. The minimum Gasteiger partial charge on any atom is -0.491 e. The SMILES string of the molecule is Cl.NC1CCC2CN(C(=O)CCOc3ccc(Cl)cc3Cl)CC12. The summed E-state index contributed by atoms with van der Waals surface area (Å²) in [4.78, 5) is 14.2. The number of rotatable bonds is 4. The van der Waals surface area contributed by atoms with E-state index in [4.69, 9.17) is 33.7 Å². The number of ether oxygens (including phenoxy) is 1. The highest BCUT2D eigenvalue weighted by Gasteiger charge is 2.42. The average Bonchev–Trinajstić information content (AvgIpc) is 3.04. The molecular formula is C16H21Cl3N2O2. The molecule has 4 nitrogen and oxygen atoms in total. The highest BCUT2D eigenvalue weighted by Crippen LogP contribution is 2.37. The van der Waals surface area contributed by atoms with Gasteiger partial charge in [-0.25, -0.2) is 0 Å². The topological polar surface area (TPSA) is 55.6 Å². The third-order valence-corrected chi connectivity index (χ3v) is 5.26. The fraction of sp³-hybridized carbons (Fsp3) is 0.562. The maximum Gasteiger partial charge on any atom is 0.226 e. The fourth-order valence-electron chi connectivity index (χ4n) is 3.51. The molecule has 0 spiro atoms. The van der Waals surface area contributed by atoms with Crippen molar-refractivity contribution in [3.8, 4) is 5.75 Å². The van der Waals surface area contributed by atoms with Gasteiger partial charge in [-0.3, -0.25) is 4.79 Å². The number of hydrogen-bond acceptors (Lipinski definition) is 3. The van der Waals surface area contributed by atoms with Crippen LogP contribution in [0.25, 0.3) is 0 Å². The van der Waals surface area contributed by atoms with Gasteiger partial charge < -0.3 is 15.4 Å². The van der Waals surface area contributed by atoms with Gasteiger partial charge in [-0.2, -0.15) is 0 Å². The molecule has 2 fully saturated rings. The molecule has 0 bridgehead atoms. The Bertz CT molecular complexity index is 570. The molecule has 2 N–H and O–H groups in total. The van der Waals surface area contributed by atoms with Crippen molar-refractivity contribution in [3.63, 3.8) is 0 Å². The van der Waals surface area contributed by atoms with E-state index >= 15 is 0 Å². The van der Waals surface area contributed by atoms with Gasteiger partial charge >= 0.3 is 0 Å². The van der Waals surface area contributed by atoms with Gasteiger partial charge in [0.25, 0.3) is 0 Å². The van der Waals surface area contributed by atoms with Crippen molar-refractivity contribution in [2.45, 2.75) is 25.3 Å². The lowest BCUT2D eigenvalue weighted by molar-refractivity contribution is -0.131. The van der Waals surface area contributed by atoms with Crippen LogP contribution >= 0.6 is 35.6 Å². The highest BCUT2D eigenvalue weighted by atomic mass is 35.5. The summed E-state index contributed by atoms with van der Waals surface area (Å²) in [7, 11) is 0. The molecule has 0 radical (unpaired) electrons. The van der Waals surface area contributed by atoms with E-state index in [9.17, 15) is 4.79 Å². The summed E-state index contributed by atoms with van der Waals surface area (Å²) >= 11 is 11.9. The van der Waals surface area contributed by atoms with Gasteiger partial charge in [-0.15, -0.1) is 12.4 Å². The second kappa shape index (κ2) is 7.93. The molecule has 2 aliphatic rings. The van der Waals surface area contributed by atoms with Crippen LogP contribution in [0.3, 0.4) is 0 Å². The number of carbonyl (C=O) groups excluding carboxylic acids is 1. The first-order chi connectivity index (χ1) is 10.5. The number of hydrogen-bond donors (Lipinski definition) is 1. The summed E-state index contributed by atoms with van der Waals surface area (Å²) < 4.78 is 5.57. The first kappa shape index (κ1) is 18.7. The van der Waals surface area contributed by atoms with Gasteiger partial charge in [0.1, 0.15) is 5.75 Å². The summed E-state index contributed by atoms with van der Waals surface area (Å²) in [5, 5.41) is 1.02. The number of fused-ring (bicyclic) bond motifs is 1. The van der Waals surface area contributed by atoms with Crippen molar-refractivity contribution < 1.29 is 9.53 Å². The number of likely N-dealkylation sites (tertiary alicyclic amines) is 1. The zero-order chi connectivity index (χ0) is 15.7. The van der Waals surface area contributed by atoms with Crippen LogP contribution in [0.4, 0.5) is 0 Å². The smallest absolute Gasteiger partial charge is 0.226 e.